The maximum Gasteiger partial charge on any atom is 0.251 e. The second kappa shape index (κ2) is 10.1. The van der Waals surface area contributed by atoms with Crippen LogP contribution >= 0.6 is 12.2 Å². The number of ether oxygens (including phenoxy) is 1. The van der Waals surface area contributed by atoms with Crippen molar-refractivity contribution in [2.24, 2.45) is 0 Å². The van der Waals surface area contributed by atoms with Crippen LogP contribution in [0.25, 0.3) is 6.08 Å². The Morgan fingerprint density at radius 2 is 1.89 bits per heavy atom. The summed E-state index contributed by atoms with van der Waals surface area (Å²) >= 11 is 5.14. The number of anilines is 1. The highest BCUT2D eigenvalue weighted by molar-refractivity contribution is 7.80. The van der Waals surface area contributed by atoms with Crippen LogP contribution in [0, 0.1) is 0 Å². The van der Waals surface area contributed by atoms with E-state index in [2.05, 4.69) is 16.0 Å². The molecule has 0 unspecified atom stereocenters. The minimum atomic E-state index is -0.358. The molecule has 0 spiro atoms. The van der Waals surface area contributed by atoms with Gasteiger partial charge in [-0.15, -0.1) is 0 Å². The van der Waals surface area contributed by atoms with Crippen molar-refractivity contribution in [2.75, 3.05) is 19.0 Å². The van der Waals surface area contributed by atoms with Gasteiger partial charge in [0.15, 0.2) is 5.11 Å². The molecule has 2 amide bonds. The van der Waals surface area contributed by atoms with Crippen molar-refractivity contribution in [3.63, 3.8) is 0 Å². The highest BCUT2D eigenvalue weighted by Crippen LogP contribution is 2.12. The van der Waals surface area contributed by atoms with Crippen molar-refractivity contribution >= 4 is 40.9 Å². The Morgan fingerprint density at radius 3 is 2.56 bits per heavy atom. The molecular weight excluding hydrogens is 362 g/mol. The first-order valence-corrected chi connectivity index (χ1v) is 8.75. The number of methoxy groups -OCH3 is 1. The Kier molecular flexibility index (Phi) is 7.51. The van der Waals surface area contributed by atoms with Crippen molar-refractivity contribution < 1.29 is 14.3 Å². The molecule has 2 aromatic carbocycles. The molecule has 0 heterocycles. The minimum absolute atomic E-state index is 0.146. The summed E-state index contributed by atoms with van der Waals surface area (Å²) in [5.41, 5.74) is 1.98. The summed E-state index contributed by atoms with van der Waals surface area (Å²) in [6.45, 7) is 2.40. The van der Waals surface area contributed by atoms with Gasteiger partial charge in [-0.2, -0.15) is 0 Å². The quantitative estimate of drug-likeness (QED) is 0.528. The molecule has 0 aliphatic rings. The van der Waals surface area contributed by atoms with Gasteiger partial charge in [0, 0.05) is 23.9 Å². The highest BCUT2D eigenvalue weighted by Gasteiger charge is 2.06. The third-order valence-electron chi connectivity index (χ3n) is 3.50. The van der Waals surface area contributed by atoms with Gasteiger partial charge in [-0.25, -0.2) is 0 Å². The highest BCUT2D eigenvalue weighted by atomic mass is 32.1. The third kappa shape index (κ3) is 6.56. The van der Waals surface area contributed by atoms with Crippen LogP contribution in [0.1, 0.15) is 22.8 Å². The zero-order chi connectivity index (χ0) is 19.6. The molecule has 0 saturated carbocycles. The lowest BCUT2D eigenvalue weighted by Crippen LogP contribution is -2.33. The molecule has 0 bridgehead atoms. The van der Waals surface area contributed by atoms with Gasteiger partial charge in [0.05, 0.1) is 7.11 Å². The number of hydrogen-bond acceptors (Lipinski definition) is 4. The Labute approximate surface area is 163 Å². The Morgan fingerprint density at radius 1 is 1.15 bits per heavy atom. The fourth-order valence-corrected chi connectivity index (χ4v) is 2.42. The number of nitrogens with one attached hydrogen (secondary N) is 3. The van der Waals surface area contributed by atoms with Gasteiger partial charge in [-0.05, 0) is 61.1 Å². The average molecular weight is 383 g/mol. The summed E-state index contributed by atoms with van der Waals surface area (Å²) in [5, 5.41) is 8.33. The van der Waals surface area contributed by atoms with E-state index in [0.29, 0.717) is 17.8 Å². The van der Waals surface area contributed by atoms with Crippen LogP contribution in [0.2, 0.25) is 0 Å². The van der Waals surface area contributed by atoms with E-state index in [-0.39, 0.29) is 16.9 Å². The Balaban J connectivity index is 1.90. The fraction of sp³-hybridized carbons (Fsp3) is 0.150. The van der Waals surface area contributed by atoms with Crippen molar-refractivity contribution in [2.45, 2.75) is 6.92 Å². The second-order valence-electron chi connectivity index (χ2n) is 5.49. The lowest BCUT2D eigenvalue weighted by Gasteiger charge is -2.09. The number of benzene rings is 2. The molecular formula is C20H21N3O3S. The Hall–Kier alpha value is -3.19. The van der Waals surface area contributed by atoms with Crippen LogP contribution < -0.4 is 20.7 Å². The van der Waals surface area contributed by atoms with Crippen LogP contribution in [0.4, 0.5) is 5.69 Å². The maximum absolute atomic E-state index is 12.0. The van der Waals surface area contributed by atoms with Crippen LogP contribution in [-0.2, 0) is 4.79 Å². The van der Waals surface area contributed by atoms with E-state index < -0.39 is 0 Å². The molecule has 0 aliphatic carbocycles. The molecule has 0 aromatic heterocycles. The molecule has 0 fully saturated rings. The number of carbonyl (C=O) groups excluding carboxylic acids is 2. The predicted octanol–water partition coefficient (Wildman–Crippen LogP) is 2.97. The van der Waals surface area contributed by atoms with E-state index in [4.69, 9.17) is 17.0 Å². The molecule has 2 rings (SSSR count). The largest absolute Gasteiger partial charge is 0.497 e. The molecule has 0 aliphatic heterocycles. The maximum atomic E-state index is 12.0. The number of hydrogen-bond donors (Lipinski definition) is 3. The number of carbonyl (C=O) groups is 2. The first-order chi connectivity index (χ1) is 13.0. The number of thiocarbonyl (C=S) groups is 1. The molecule has 27 heavy (non-hydrogen) atoms. The van der Waals surface area contributed by atoms with Crippen LogP contribution in [0.15, 0.2) is 54.6 Å². The van der Waals surface area contributed by atoms with Gasteiger partial charge in [0.25, 0.3) is 5.91 Å². The summed E-state index contributed by atoms with van der Waals surface area (Å²) in [5.74, 6) is 0.221. The SMILES string of the molecule is CCNC(=O)c1cccc(NC(=S)NC(=O)/C=C/c2ccc(OC)cc2)c1. The molecule has 140 valence electrons. The zero-order valence-corrected chi connectivity index (χ0v) is 15.9. The van der Waals surface area contributed by atoms with Gasteiger partial charge in [0.2, 0.25) is 5.91 Å². The summed E-state index contributed by atoms with van der Waals surface area (Å²) < 4.78 is 5.09. The molecule has 0 atom stereocenters. The van der Waals surface area contributed by atoms with Crippen LogP contribution in [0.5, 0.6) is 5.75 Å². The van der Waals surface area contributed by atoms with E-state index >= 15 is 0 Å². The number of amides is 2. The second-order valence-corrected chi connectivity index (χ2v) is 5.90. The molecule has 6 nitrogen and oxygen atoms in total. The monoisotopic (exact) mass is 383 g/mol. The number of rotatable bonds is 6. The summed E-state index contributed by atoms with van der Waals surface area (Å²) in [4.78, 5) is 23.8. The first-order valence-electron chi connectivity index (χ1n) is 8.34. The van der Waals surface area contributed by atoms with Gasteiger partial charge in [-0.3, -0.25) is 14.9 Å². The minimum Gasteiger partial charge on any atom is -0.497 e. The van der Waals surface area contributed by atoms with E-state index in [0.717, 1.165) is 11.3 Å². The molecule has 3 N–H and O–H groups in total. The fourth-order valence-electron chi connectivity index (χ4n) is 2.20. The lowest BCUT2D eigenvalue weighted by atomic mass is 10.2. The van der Waals surface area contributed by atoms with Crippen LogP contribution in [0.3, 0.4) is 0 Å². The molecule has 2 aromatic rings. The van der Waals surface area contributed by atoms with Gasteiger partial charge >= 0.3 is 0 Å². The van der Waals surface area contributed by atoms with Gasteiger partial charge in [-0.1, -0.05) is 18.2 Å². The van der Waals surface area contributed by atoms with Crippen molar-refractivity contribution in [3.05, 3.63) is 65.7 Å². The van der Waals surface area contributed by atoms with Crippen molar-refractivity contribution in [1.29, 1.82) is 0 Å². The lowest BCUT2D eigenvalue weighted by molar-refractivity contribution is -0.115. The van der Waals surface area contributed by atoms with E-state index in [1.807, 2.05) is 31.2 Å². The topological polar surface area (TPSA) is 79.5 Å². The summed E-state index contributed by atoms with van der Waals surface area (Å²) in [6.07, 6.45) is 3.06. The molecule has 0 saturated heterocycles. The van der Waals surface area contributed by atoms with Crippen LogP contribution in [-0.4, -0.2) is 30.6 Å². The normalized spacial score (nSPS) is 10.3. The van der Waals surface area contributed by atoms with Crippen molar-refractivity contribution in [1.82, 2.24) is 10.6 Å². The standard InChI is InChI=1S/C20H21N3O3S/c1-3-21-19(25)15-5-4-6-16(13-15)22-20(27)23-18(24)12-9-14-7-10-17(26-2)11-8-14/h4-13H,3H2,1-2H3,(H,21,25)(H2,22,23,24,27)/b12-9+. The average Bonchev–Trinajstić information content (AvgIpc) is 2.67. The summed E-state index contributed by atoms with van der Waals surface area (Å²) in [7, 11) is 1.60. The molecule has 7 heteroatoms. The van der Waals surface area contributed by atoms with Gasteiger partial charge in [0.1, 0.15) is 5.75 Å². The third-order valence-corrected chi connectivity index (χ3v) is 3.70. The van der Waals surface area contributed by atoms with Gasteiger partial charge < -0.3 is 15.4 Å². The van der Waals surface area contributed by atoms with Crippen molar-refractivity contribution in [3.8, 4) is 5.75 Å². The van der Waals surface area contributed by atoms with E-state index in [9.17, 15) is 9.59 Å². The predicted molar refractivity (Wildman–Crippen MR) is 111 cm³/mol. The Bertz CT molecular complexity index is 848. The van der Waals surface area contributed by atoms with E-state index in [1.54, 1.807) is 37.5 Å². The smallest absolute Gasteiger partial charge is 0.251 e. The molecule has 0 radical (unpaired) electrons. The zero-order valence-electron chi connectivity index (χ0n) is 15.1. The first kappa shape index (κ1) is 20.1. The van der Waals surface area contributed by atoms with E-state index in [1.165, 1.54) is 6.08 Å². The summed E-state index contributed by atoms with van der Waals surface area (Å²) in [6, 6.07) is 14.2.